The zero-order chi connectivity index (χ0) is 31.6. The maximum atomic E-state index is 12.4. The lowest BCUT2D eigenvalue weighted by Crippen LogP contribution is -2.45. The van der Waals surface area contributed by atoms with Gasteiger partial charge in [-0.3, -0.25) is 0 Å². The van der Waals surface area contributed by atoms with Crippen molar-refractivity contribution in [3.63, 3.8) is 0 Å². The summed E-state index contributed by atoms with van der Waals surface area (Å²) in [6, 6.07) is 25.2. The molecule has 2 unspecified atom stereocenters. The largest absolute Gasteiger partial charge is 0.528 e. The predicted octanol–water partition coefficient (Wildman–Crippen LogP) is 6.90. The molecule has 0 aromatic heterocycles. The van der Waals surface area contributed by atoms with Gasteiger partial charge < -0.3 is 28.7 Å². The monoisotopic (exact) mass is 616 g/mol. The normalized spacial score (nSPS) is 19.1. The van der Waals surface area contributed by atoms with Crippen molar-refractivity contribution >= 4 is 6.16 Å². The van der Waals surface area contributed by atoms with E-state index in [1.165, 1.54) is 27.8 Å². The van der Waals surface area contributed by atoms with Crippen LogP contribution in [0.5, 0.6) is 5.75 Å². The number of carbonyl (C=O) groups is 1. The van der Waals surface area contributed by atoms with Crippen molar-refractivity contribution in [2.45, 2.75) is 77.4 Å². The molecular weight excluding hydrogens is 568 g/mol. The molecule has 45 heavy (non-hydrogen) atoms. The van der Waals surface area contributed by atoms with Crippen LogP contribution in [0, 0.1) is 0 Å². The number of rotatable bonds is 12. The number of likely N-dealkylation sites (N-methyl/N-ethyl adjacent to an activating group) is 1. The standard InChI is InChI=1S/C37H48N2O6/c1-37(2,3)44-36(40)45-39-20-18-34(35(25-39)43-27-29-11-12-32-24-38(4)19-17-31(32)23-29)30-13-15-33(16-14-30)42-22-8-21-41-26-28-9-6-5-7-10-28/h5-7,9-16,23,34-35H,8,17-22,24-27H2,1-4H3. The number of fused-ring (bicyclic) bond motifs is 1. The molecule has 0 saturated carbocycles. The number of piperidine rings is 1. The average molecular weight is 617 g/mol. The Hall–Kier alpha value is -3.43. The fraction of sp³-hybridized carbons (Fsp3) is 0.486. The van der Waals surface area contributed by atoms with Crippen LogP contribution in [-0.4, -0.2) is 67.7 Å². The Morgan fingerprint density at radius 1 is 0.889 bits per heavy atom. The van der Waals surface area contributed by atoms with Crippen LogP contribution in [0.25, 0.3) is 0 Å². The van der Waals surface area contributed by atoms with E-state index in [9.17, 15) is 4.79 Å². The molecule has 1 saturated heterocycles. The Bertz CT molecular complexity index is 1360. The van der Waals surface area contributed by atoms with Gasteiger partial charge in [-0.05, 0) is 80.6 Å². The zero-order valence-electron chi connectivity index (χ0n) is 27.2. The molecule has 8 nitrogen and oxygen atoms in total. The van der Waals surface area contributed by atoms with Gasteiger partial charge in [-0.2, -0.15) is 0 Å². The highest BCUT2D eigenvalue weighted by atomic mass is 16.8. The van der Waals surface area contributed by atoms with Gasteiger partial charge in [0.25, 0.3) is 0 Å². The van der Waals surface area contributed by atoms with Crippen molar-refractivity contribution in [3.05, 3.63) is 101 Å². The minimum atomic E-state index is -0.689. The maximum Gasteiger partial charge on any atom is 0.528 e. The summed E-state index contributed by atoms with van der Waals surface area (Å²) in [6.45, 7) is 11.0. The fourth-order valence-electron chi connectivity index (χ4n) is 5.86. The molecule has 3 aromatic rings. The molecule has 0 spiro atoms. The Morgan fingerprint density at radius 3 is 2.47 bits per heavy atom. The SMILES string of the molecule is CN1CCc2cc(COC3CN(OC(=O)OC(C)(C)C)CCC3c3ccc(OCCCOCc4ccccc4)cc3)ccc2C1. The summed E-state index contributed by atoms with van der Waals surface area (Å²) < 4.78 is 23.8. The van der Waals surface area contributed by atoms with Crippen molar-refractivity contribution in [1.82, 2.24) is 9.96 Å². The van der Waals surface area contributed by atoms with Crippen molar-refractivity contribution < 1.29 is 28.6 Å². The van der Waals surface area contributed by atoms with E-state index in [4.69, 9.17) is 23.8 Å². The van der Waals surface area contributed by atoms with Gasteiger partial charge in [0.15, 0.2) is 0 Å². The number of hydrogen-bond acceptors (Lipinski definition) is 8. The van der Waals surface area contributed by atoms with E-state index in [0.29, 0.717) is 39.5 Å². The summed E-state index contributed by atoms with van der Waals surface area (Å²) in [5, 5.41) is 1.68. The molecule has 2 atom stereocenters. The molecule has 1 fully saturated rings. The first-order valence-electron chi connectivity index (χ1n) is 16.1. The van der Waals surface area contributed by atoms with Crippen LogP contribution < -0.4 is 4.74 Å². The number of hydroxylamine groups is 2. The van der Waals surface area contributed by atoms with Gasteiger partial charge in [-0.1, -0.05) is 60.7 Å². The Labute approximate surface area is 268 Å². The van der Waals surface area contributed by atoms with Gasteiger partial charge in [-0.25, -0.2) is 4.79 Å². The molecule has 2 aliphatic rings. The first-order chi connectivity index (χ1) is 21.7. The Balaban J connectivity index is 1.16. The topological polar surface area (TPSA) is 69.7 Å². The van der Waals surface area contributed by atoms with Crippen molar-refractivity contribution in [2.75, 3.05) is 39.9 Å². The Kier molecular flexibility index (Phi) is 11.5. The second kappa shape index (κ2) is 15.7. The molecule has 0 aliphatic carbocycles. The van der Waals surface area contributed by atoms with E-state index in [2.05, 4.69) is 54.4 Å². The minimum absolute atomic E-state index is 0.148. The van der Waals surface area contributed by atoms with E-state index < -0.39 is 11.8 Å². The second-order valence-electron chi connectivity index (χ2n) is 13.1. The third-order valence-electron chi connectivity index (χ3n) is 8.17. The van der Waals surface area contributed by atoms with Crippen LogP contribution in [0.15, 0.2) is 72.8 Å². The van der Waals surface area contributed by atoms with E-state index in [1.807, 2.05) is 51.1 Å². The second-order valence-corrected chi connectivity index (χ2v) is 13.1. The number of hydrogen-bond donors (Lipinski definition) is 0. The molecule has 5 rings (SSSR count). The highest BCUT2D eigenvalue weighted by Gasteiger charge is 2.34. The average Bonchev–Trinajstić information content (AvgIpc) is 3.01. The van der Waals surface area contributed by atoms with Gasteiger partial charge in [0.05, 0.1) is 39.1 Å². The smallest absolute Gasteiger partial charge is 0.494 e. The molecule has 242 valence electrons. The summed E-state index contributed by atoms with van der Waals surface area (Å²) in [5.74, 6) is 0.986. The number of benzene rings is 3. The minimum Gasteiger partial charge on any atom is -0.494 e. The maximum absolute atomic E-state index is 12.4. The molecule has 8 heteroatoms. The van der Waals surface area contributed by atoms with Crippen LogP contribution >= 0.6 is 0 Å². The highest BCUT2D eigenvalue weighted by molar-refractivity contribution is 5.60. The van der Waals surface area contributed by atoms with Crippen LogP contribution in [0.1, 0.15) is 67.3 Å². The molecular formula is C37H48N2O6. The number of ether oxygens (including phenoxy) is 4. The summed E-state index contributed by atoms with van der Waals surface area (Å²) in [6.07, 6.45) is 1.80. The lowest BCUT2D eigenvalue weighted by atomic mass is 9.87. The lowest BCUT2D eigenvalue weighted by Gasteiger charge is -2.37. The molecule has 2 aliphatic heterocycles. The van der Waals surface area contributed by atoms with Crippen molar-refractivity contribution in [2.24, 2.45) is 0 Å². The fourth-order valence-corrected chi connectivity index (χ4v) is 5.86. The van der Waals surface area contributed by atoms with Crippen molar-refractivity contribution in [1.29, 1.82) is 0 Å². The molecule has 0 radical (unpaired) electrons. The number of nitrogens with zero attached hydrogens (tertiary/aromatic N) is 2. The van der Waals surface area contributed by atoms with Gasteiger partial charge in [0.2, 0.25) is 0 Å². The Morgan fingerprint density at radius 2 is 1.69 bits per heavy atom. The van der Waals surface area contributed by atoms with Crippen LogP contribution in [0.3, 0.4) is 0 Å². The summed E-state index contributed by atoms with van der Waals surface area (Å²) in [7, 11) is 2.16. The molecule has 0 N–H and O–H groups in total. The van der Waals surface area contributed by atoms with E-state index >= 15 is 0 Å². The van der Waals surface area contributed by atoms with Gasteiger partial charge in [0, 0.05) is 32.0 Å². The van der Waals surface area contributed by atoms with Crippen LogP contribution in [0.4, 0.5) is 4.79 Å². The zero-order valence-corrected chi connectivity index (χ0v) is 27.2. The van der Waals surface area contributed by atoms with Gasteiger partial charge >= 0.3 is 6.16 Å². The molecule has 3 aromatic carbocycles. The summed E-state index contributed by atoms with van der Waals surface area (Å²) >= 11 is 0. The summed E-state index contributed by atoms with van der Waals surface area (Å²) in [4.78, 5) is 20.4. The quantitative estimate of drug-likeness (QED) is 0.161. The predicted molar refractivity (Wildman–Crippen MR) is 174 cm³/mol. The number of carbonyl (C=O) groups excluding carboxylic acids is 1. The first kappa shape index (κ1) is 32.9. The van der Waals surface area contributed by atoms with E-state index in [1.54, 1.807) is 5.06 Å². The highest BCUT2D eigenvalue weighted by Crippen LogP contribution is 2.33. The van der Waals surface area contributed by atoms with Gasteiger partial charge in [0.1, 0.15) is 11.4 Å². The first-order valence-corrected chi connectivity index (χ1v) is 16.1. The van der Waals surface area contributed by atoms with Crippen molar-refractivity contribution in [3.8, 4) is 5.75 Å². The van der Waals surface area contributed by atoms with Crippen LogP contribution in [-0.2, 0) is 45.2 Å². The molecule has 0 amide bonds. The third kappa shape index (κ3) is 10.3. The summed E-state index contributed by atoms with van der Waals surface area (Å²) in [5.41, 5.74) is 5.70. The third-order valence-corrected chi connectivity index (χ3v) is 8.17. The van der Waals surface area contributed by atoms with Crippen LogP contribution in [0.2, 0.25) is 0 Å². The van der Waals surface area contributed by atoms with Gasteiger partial charge in [-0.15, -0.1) is 5.06 Å². The lowest BCUT2D eigenvalue weighted by molar-refractivity contribution is -0.179. The molecule has 0 bridgehead atoms. The van der Waals surface area contributed by atoms with E-state index in [0.717, 1.165) is 38.1 Å². The van der Waals surface area contributed by atoms with E-state index in [-0.39, 0.29) is 12.0 Å². The molecule has 2 heterocycles.